The van der Waals surface area contributed by atoms with Crippen molar-refractivity contribution in [1.29, 1.82) is 0 Å². The number of hydrogen-bond acceptors (Lipinski definition) is 6. The maximum Gasteiger partial charge on any atom is 0.162 e. The Hall–Kier alpha value is -3.15. The van der Waals surface area contributed by atoms with Crippen molar-refractivity contribution in [1.82, 2.24) is 9.97 Å². The number of benzene rings is 2. The van der Waals surface area contributed by atoms with Crippen molar-refractivity contribution in [3.63, 3.8) is 0 Å². The highest BCUT2D eigenvalue weighted by atomic mass is 16.5. The van der Waals surface area contributed by atoms with E-state index in [1.807, 2.05) is 30.3 Å². The zero-order chi connectivity index (χ0) is 22.9. The van der Waals surface area contributed by atoms with Gasteiger partial charge in [0.15, 0.2) is 11.5 Å². The summed E-state index contributed by atoms with van der Waals surface area (Å²) in [6, 6.07) is 14.0. The lowest BCUT2D eigenvalue weighted by atomic mass is 9.70. The monoisotopic (exact) mass is 433 g/mol. The number of anilines is 1. The molecular formula is C26H31N3O3. The first-order valence-corrected chi connectivity index (χ1v) is 11.1. The van der Waals surface area contributed by atoms with Crippen LogP contribution < -0.4 is 14.4 Å². The molecule has 1 saturated heterocycles. The van der Waals surface area contributed by atoms with Crippen molar-refractivity contribution in [2.24, 2.45) is 0 Å². The Morgan fingerprint density at radius 2 is 1.62 bits per heavy atom. The quantitative estimate of drug-likeness (QED) is 0.551. The van der Waals surface area contributed by atoms with Gasteiger partial charge in [-0.15, -0.1) is 0 Å². The Labute approximate surface area is 189 Å². The summed E-state index contributed by atoms with van der Waals surface area (Å²) in [6.07, 6.45) is 1.50. The van der Waals surface area contributed by atoms with Crippen molar-refractivity contribution in [2.75, 3.05) is 32.2 Å². The Morgan fingerprint density at radius 3 is 2.19 bits per heavy atom. The van der Waals surface area contributed by atoms with Crippen LogP contribution in [0.1, 0.15) is 50.9 Å². The molecule has 0 bridgehead atoms. The second-order valence-corrected chi connectivity index (χ2v) is 8.78. The molecule has 2 aromatic carbocycles. The number of carbonyl (C=O) groups is 1. The topological polar surface area (TPSA) is 64.6 Å². The second kappa shape index (κ2) is 8.77. The van der Waals surface area contributed by atoms with E-state index in [1.54, 1.807) is 21.1 Å². The van der Waals surface area contributed by atoms with Crippen molar-refractivity contribution >= 4 is 22.5 Å². The lowest BCUT2D eigenvalue weighted by molar-refractivity contribution is -0.123. The normalized spacial score (nSPS) is 15.8. The van der Waals surface area contributed by atoms with Gasteiger partial charge in [-0.2, -0.15) is 0 Å². The lowest BCUT2D eigenvalue weighted by Gasteiger charge is -2.41. The standard InChI is InChI=1S/C26H31N3O3/c1-17(2)24-27-21-16-23(32-5)22(31-4)15-20(21)25(28-24)29-13-11-26(12-14-29,18(3)30)19-9-7-6-8-10-19/h6-10,15-17H,11-14H2,1-5H3. The molecule has 0 aliphatic carbocycles. The molecule has 0 saturated carbocycles. The number of hydrogen-bond donors (Lipinski definition) is 0. The van der Waals surface area contributed by atoms with Crippen LogP contribution in [-0.2, 0) is 10.2 Å². The molecule has 0 amide bonds. The minimum absolute atomic E-state index is 0.191. The molecule has 0 radical (unpaired) electrons. The summed E-state index contributed by atoms with van der Waals surface area (Å²) in [6.45, 7) is 7.39. The first kappa shape index (κ1) is 22.1. The summed E-state index contributed by atoms with van der Waals surface area (Å²) in [5, 5.41) is 0.932. The van der Waals surface area contributed by atoms with Crippen LogP contribution in [0.5, 0.6) is 11.5 Å². The van der Waals surface area contributed by atoms with E-state index in [-0.39, 0.29) is 11.7 Å². The van der Waals surface area contributed by atoms with Gasteiger partial charge in [-0.3, -0.25) is 4.79 Å². The van der Waals surface area contributed by atoms with Crippen LogP contribution in [0, 0.1) is 0 Å². The summed E-state index contributed by atoms with van der Waals surface area (Å²) in [4.78, 5) is 24.8. The van der Waals surface area contributed by atoms with Crippen LogP contribution in [0.25, 0.3) is 10.9 Å². The van der Waals surface area contributed by atoms with Crippen LogP contribution in [0.3, 0.4) is 0 Å². The van der Waals surface area contributed by atoms with Gasteiger partial charge < -0.3 is 14.4 Å². The van der Waals surface area contributed by atoms with E-state index in [9.17, 15) is 4.79 Å². The number of Topliss-reactive ketones (excluding diaryl/α,β-unsaturated/α-hetero) is 1. The minimum Gasteiger partial charge on any atom is -0.493 e. The lowest BCUT2D eigenvalue weighted by Crippen LogP contribution is -2.47. The predicted molar refractivity (Wildman–Crippen MR) is 127 cm³/mol. The molecule has 2 heterocycles. The first-order valence-electron chi connectivity index (χ1n) is 11.1. The summed E-state index contributed by atoms with van der Waals surface area (Å²) in [5.41, 5.74) is 1.50. The molecule has 1 aliphatic rings. The molecule has 32 heavy (non-hydrogen) atoms. The molecule has 4 rings (SSSR count). The number of nitrogens with zero attached hydrogens (tertiary/aromatic N) is 3. The highest BCUT2D eigenvalue weighted by Crippen LogP contribution is 2.40. The molecule has 3 aromatic rings. The zero-order valence-electron chi connectivity index (χ0n) is 19.5. The Balaban J connectivity index is 1.76. The zero-order valence-corrected chi connectivity index (χ0v) is 19.5. The highest BCUT2D eigenvalue weighted by Gasteiger charge is 2.41. The maximum absolute atomic E-state index is 12.8. The Morgan fingerprint density at radius 1 is 1.00 bits per heavy atom. The van der Waals surface area contributed by atoms with Gasteiger partial charge in [-0.1, -0.05) is 44.2 Å². The average molecular weight is 434 g/mol. The van der Waals surface area contributed by atoms with E-state index in [2.05, 4.69) is 30.9 Å². The van der Waals surface area contributed by atoms with Gasteiger partial charge in [-0.25, -0.2) is 9.97 Å². The van der Waals surface area contributed by atoms with Crippen molar-refractivity contribution < 1.29 is 14.3 Å². The summed E-state index contributed by atoms with van der Waals surface area (Å²) >= 11 is 0. The molecule has 0 unspecified atom stereocenters. The van der Waals surface area contributed by atoms with Gasteiger partial charge in [0.2, 0.25) is 0 Å². The number of ether oxygens (including phenoxy) is 2. The van der Waals surface area contributed by atoms with Crippen LogP contribution >= 0.6 is 0 Å². The number of methoxy groups -OCH3 is 2. The van der Waals surface area contributed by atoms with Gasteiger partial charge in [-0.05, 0) is 31.4 Å². The maximum atomic E-state index is 12.8. The largest absolute Gasteiger partial charge is 0.493 e. The van der Waals surface area contributed by atoms with Gasteiger partial charge in [0, 0.05) is 30.5 Å². The van der Waals surface area contributed by atoms with E-state index >= 15 is 0 Å². The molecule has 1 fully saturated rings. The number of fused-ring (bicyclic) bond motifs is 1. The van der Waals surface area contributed by atoms with E-state index < -0.39 is 5.41 Å². The number of ketones is 1. The Kier molecular flexibility index (Phi) is 6.04. The smallest absolute Gasteiger partial charge is 0.162 e. The third-order valence-corrected chi connectivity index (χ3v) is 6.63. The van der Waals surface area contributed by atoms with Gasteiger partial charge >= 0.3 is 0 Å². The third-order valence-electron chi connectivity index (χ3n) is 6.63. The van der Waals surface area contributed by atoms with Crippen molar-refractivity contribution in [3.8, 4) is 11.5 Å². The average Bonchev–Trinajstić information content (AvgIpc) is 2.82. The molecule has 0 atom stereocenters. The van der Waals surface area contributed by atoms with Crippen LogP contribution in [0.4, 0.5) is 5.82 Å². The van der Waals surface area contributed by atoms with Crippen LogP contribution in [0.2, 0.25) is 0 Å². The van der Waals surface area contributed by atoms with E-state index in [1.165, 1.54) is 0 Å². The van der Waals surface area contributed by atoms with E-state index in [0.29, 0.717) is 11.5 Å². The van der Waals surface area contributed by atoms with Gasteiger partial charge in [0.25, 0.3) is 0 Å². The highest BCUT2D eigenvalue weighted by molar-refractivity contribution is 5.93. The van der Waals surface area contributed by atoms with Crippen molar-refractivity contribution in [3.05, 3.63) is 53.9 Å². The summed E-state index contributed by atoms with van der Waals surface area (Å²) in [7, 11) is 3.26. The number of carbonyl (C=O) groups excluding carboxylic acids is 1. The predicted octanol–water partition coefficient (Wildman–Crippen LogP) is 4.90. The molecule has 0 N–H and O–H groups in total. The molecule has 168 valence electrons. The summed E-state index contributed by atoms with van der Waals surface area (Å²) < 4.78 is 11.0. The van der Waals surface area contributed by atoms with Crippen LogP contribution in [-0.4, -0.2) is 43.1 Å². The summed E-state index contributed by atoms with van der Waals surface area (Å²) in [5.74, 6) is 3.41. The molecular weight excluding hydrogens is 402 g/mol. The number of rotatable bonds is 6. The molecule has 6 nitrogen and oxygen atoms in total. The van der Waals surface area contributed by atoms with Crippen LogP contribution in [0.15, 0.2) is 42.5 Å². The first-order chi connectivity index (χ1) is 15.4. The molecule has 1 aromatic heterocycles. The molecule has 6 heteroatoms. The number of aromatic nitrogens is 2. The number of piperidine rings is 1. The minimum atomic E-state index is -0.442. The molecule has 0 spiro atoms. The van der Waals surface area contributed by atoms with Crippen molar-refractivity contribution in [2.45, 2.75) is 44.9 Å². The molecule has 1 aliphatic heterocycles. The van der Waals surface area contributed by atoms with E-state index in [0.717, 1.165) is 54.0 Å². The Bertz CT molecular complexity index is 1120. The van der Waals surface area contributed by atoms with E-state index in [4.69, 9.17) is 19.4 Å². The third kappa shape index (κ3) is 3.78. The fourth-order valence-corrected chi connectivity index (χ4v) is 4.66. The fourth-order valence-electron chi connectivity index (χ4n) is 4.66. The van der Waals surface area contributed by atoms with Gasteiger partial charge in [0.1, 0.15) is 17.4 Å². The fraction of sp³-hybridized carbons (Fsp3) is 0.423. The SMILES string of the molecule is COc1cc2nc(C(C)C)nc(N3CCC(C(C)=O)(c4ccccc4)CC3)c2cc1OC. The second-order valence-electron chi connectivity index (χ2n) is 8.78. The van der Waals surface area contributed by atoms with Gasteiger partial charge in [0.05, 0.1) is 25.2 Å².